The third-order valence-corrected chi connectivity index (χ3v) is 1.71. The number of aliphatic hydroxyl groups excluding tert-OH is 1. The van der Waals surface area contributed by atoms with Crippen LogP contribution in [0.5, 0.6) is 0 Å². The van der Waals surface area contributed by atoms with Gasteiger partial charge < -0.3 is 15.6 Å². The summed E-state index contributed by atoms with van der Waals surface area (Å²) in [4.78, 5) is 0. The second-order valence-electron chi connectivity index (χ2n) is 2.55. The van der Waals surface area contributed by atoms with Gasteiger partial charge in [0, 0.05) is 6.04 Å². The van der Waals surface area contributed by atoms with Crippen molar-refractivity contribution in [3.8, 4) is 0 Å². The van der Waals surface area contributed by atoms with Crippen LogP contribution in [0.3, 0.4) is 0 Å². The fraction of sp³-hybridized carbons (Fsp3) is 0.714. The van der Waals surface area contributed by atoms with Gasteiger partial charge in [0.2, 0.25) is 0 Å². The van der Waals surface area contributed by atoms with Crippen molar-refractivity contribution in [2.75, 3.05) is 6.61 Å². The maximum atomic E-state index is 8.66. The first-order chi connectivity index (χ1) is 4.74. The van der Waals surface area contributed by atoms with E-state index in [0.29, 0.717) is 5.76 Å². The Bertz CT molecular complexity index is 145. The van der Waals surface area contributed by atoms with Crippen LogP contribution in [0.2, 0.25) is 0 Å². The monoisotopic (exact) mass is 143 g/mol. The summed E-state index contributed by atoms with van der Waals surface area (Å²) in [6.45, 7) is 1.89. The molecular formula is C7H13NO2. The van der Waals surface area contributed by atoms with Gasteiger partial charge in [0.25, 0.3) is 0 Å². The molecular weight excluding hydrogens is 130 g/mol. The molecule has 0 radical (unpaired) electrons. The van der Waals surface area contributed by atoms with Crippen LogP contribution < -0.4 is 5.73 Å². The summed E-state index contributed by atoms with van der Waals surface area (Å²) in [5.74, 6) is 0.647. The van der Waals surface area contributed by atoms with Gasteiger partial charge in [-0.15, -0.1) is 0 Å². The normalized spacial score (nSPS) is 32.9. The summed E-state index contributed by atoms with van der Waals surface area (Å²) in [7, 11) is 0. The maximum absolute atomic E-state index is 8.66. The van der Waals surface area contributed by atoms with Gasteiger partial charge in [0.15, 0.2) is 0 Å². The molecule has 0 fully saturated rings. The minimum absolute atomic E-state index is 0.0168. The molecule has 0 saturated carbocycles. The van der Waals surface area contributed by atoms with Gasteiger partial charge in [-0.25, -0.2) is 0 Å². The van der Waals surface area contributed by atoms with Crippen LogP contribution in [0, 0.1) is 0 Å². The van der Waals surface area contributed by atoms with E-state index in [0.717, 1.165) is 6.42 Å². The first-order valence-electron chi connectivity index (χ1n) is 3.46. The van der Waals surface area contributed by atoms with Crippen LogP contribution >= 0.6 is 0 Å². The quantitative estimate of drug-likeness (QED) is 0.543. The SMILES string of the molecule is C[C@H]1OC(CO)=CC[C@H]1N. The molecule has 1 rings (SSSR count). The largest absolute Gasteiger partial charge is 0.491 e. The van der Waals surface area contributed by atoms with Crippen LogP contribution in [0.1, 0.15) is 13.3 Å². The van der Waals surface area contributed by atoms with Gasteiger partial charge >= 0.3 is 0 Å². The summed E-state index contributed by atoms with van der Waals surface area (Å²) in [6.07, 6.45) is 2.68. The lowest BCUT2D eigenvalue weighted by atomic mass is 10.1. The number of aliphatic hydroxyl groups is 1. The zero-order valence-corrected chi connectivity index (χ0v) is 6.08. The van der Waals surface area contributed by atoms with Gasteiger partial charge in [0.05, 0.1) is 0 Å². The second-order valence-corrected chi connectivity index (χ2v) is 2.55. The molecule has 3 nitrogen and oxygen atoms in total. The van der Waals surface area contributed by atoms with E-state index in [1.54, 1.807) is 0 Å². The van der Waals surface area contributed by atoms with Crippen LogP contribution in [0.4, 0.5) is 0 Å². The molecule has 0 aliphatic carbocycles. The highest BCUT2D eigenvalue weighted by Crippen LogP contribution is 2.14. The van der Waals surface area contributed by atoms with Gasteiger partial charge in [-0.05, 0) is 19.4 Å². The van der Waals surface area contributed by atoms with E-state index in [-0.39, 0.29) is 18.8 Å². The third-order valence-electron chi connectivity index (χ3n) is 1.71. The van der Waals surface area contributed by atoms with Gasteiger partial charge in [-0.1, -0.05) is 0 Å². The first kappa shape index (κ1) is 7.57. The van der Waals surface area contributed by atoms with E-state index in [4.69, 9.17) is 15.6 Å². The minimum atomic E-state index is -0.0168. The van der Waals surface area contributed by atoms with E-state index >= 15 is 0 Å². The van der Waals surface area contributed by atoms with E-state index in [1.807, 2.05) is 13.0 Å². The van der Waals surface area contributed by atoms with Crippen LogP contribution in [0.15, 0.2) is 11.8 Å². The Morgan fingerprint density at radius 1 is 1.90 bits per heavy atom. The fourth-order valence-electron chi connectivity index (χ4n) is 0.935. The van der Waals surface area contributed by atoms with E-state index < -0.39 is 0 Å². The average Bonchev–Trinajstić information content (AvgIpc) is 1.95. The Morgan fingerprint density at radius 2 is 2.60 bits per heavy atom. The zero-order chi connectivity index (χ0) is 7.56. The Morgan fingerprint density at radius 3 is 3.10 bits per heavy atom. The number of nitrogens with two attached hydrogens (primary N) is 1. The Labute approximate surface area is 60.5 Å². The summed E-state index contributed by atoms with van der Waals surface area (Å²) in [5, 5.41) is 8.66. The lowest BCUT2D eigenvalue weighted by Crippen LogP contribution is -2.36. The molecule has 0 spiro atoms. The molecule has 1 aliphatic heterocycles. The van der Waals surface area contributed by atoms with Crippen LogP contribution in [-0.2, 0) is 4.74 Å². The standard InChI is InChI=1S/C7H13NO2/c1-5-7(8)3-2-6(4-9)10-5/h2,5,7,9H,3-4,8H2,1H3/t5-,7-/m1/s1. The molecule has 0 aromatic carbocycles. The van der Waals surface area contributed by atoms with Crippen molar-refractivity contribution in [3.63, 3.8) is 0 Å². The van der Waals surface area contributed by atoms with Gasteiger partial charge in [-0.2, -0.15) is 0 Å². The highest BCUT2D eigenvalue weighted by atomic mass is 16.5. The van der Waals surface area contributed by atoms with E-state index in [1.165, 1.54) is 0 Å². The van der Waals surface area contributed by atoms with E-state index in [2.05, 4.69) is 0 Å². The van der Waals surface area contributed by atoms with Gasteiger partial charge in [0.1, 0.15) is 18.5 Å². The van der Waals surface area contributed by atoms with Crippen molar-refractivity contribution in [1.82, 2.24) is 0 Å². The zero-order valence-electron chi connectivity index (χ0n) is 6.08. The smallest absolute Gasteiger partial charge is 0.118 e. The molecule has 3 N–H and O–H groups in total. The molecule has 3 heteroatoms. The summed E-state index contributed by atoms with van der Waals surface area (Å²) < 4.78 is 5.23. The Balaban J connectivity index is 2.52. The number of ether oxygens (including phenoxy) is 1. The van der Waals surface area contributed by atoms with Crippen molar-refractivity contribution in [1.29, 1.82) is 0 Å². The summed E-state index contributed by atoms with van der Waals surface area (Å²) >= 11 is 0. The Hall–Kier alpha value is -0.540. The van der Waals surface area contributed by atoms with Crippen LogP contribution in [-0.4, -0.2) is 23.9 Å². The molecule has 1 aliphatic rings. The molecule has 10 heavy (non-hydrogen) atoms. The van der Waals surface area contributed by atoms with Crippen molar-refractivity contribution >= 4 is 0 Å². The summed E-state index contributed by atoms with van der Waals surface area (Å²) in [6, 6.07) is 0.0790. The third kappa shape index (κ3) is 1.49. The summed E-state index contributed by atoms with van der Waals surface area (Å²) in [5.41, 5.74) is 5.64. The molecule has 58 valence electrons. The van der Waals surface area contributed by atoms with Crippen molar-refractivity contribution in [2.24, 2.45) is 5.73 Å². The average molecular weight is 143 g/mol. The number of hydrogen-bond donors (Lipinski definition) is 2. The van der Waals surface area contributed by atoms with Gasteiger partial charge in [-0.3, -0.25) is 0 Å². The number of hydrogen-bond acceptors (Lipinski definition) is 3. The topological polar surface area (TPSA) is 55.5 Å². The maximum Gasteiger partial charge on any atom is 0.118 e. The predicted octanol–water partition coefficient (Wildman–Crippen LogP) is -0.00130. The van der Waals surface area contributed by atoms with E-state index in [9.17, 15) is 0 Å². The molecule has 0 bridgehead atoms. The van der Waals surface area contributed by atoms with Crippen LogP contribution in [0.25, 0.3) is 0 Å². The molecule has 1 heterocycles. The van der Waals surface area contributed by atoms with Crippen molar-refractivity contribution < 1.29 is 9.84 Å². The van der Waals surface area contributed by atoms with Crippen molar-refractivity contribution in [3.05, 3.63) is 11.8 Å². The molecule has 2 atom stereocenters. The predicted molar refractivity (Wildman–Crippen MR) is 38.3 cm³/mol. The highest BCUT2D eigenvalue weighted by molar-refractivity contribution is 5.01. The lowest BCUT2D eigenvalue weighted by Gasteiger charge is -2.25. The molecule has 0 aromatic heterocycles. The first-order valence-corrected chi connectivity index (χ1v) is 3.46. The highest BCUT2D eigenvalue weighted by Gasteiger charge is 2.18. The number of rotatable bonds is 1. The lowest BCUT2D eigenvalue weighted by molar-refractivity contribution is 0.0693. The minimum Gasteiger partial charge on any atom is -0.491 e. The van der Waals surface area contributed by atoms with Crippen molar-refractivity contribution in [2.45, 2.75) is 25.5 Å². The molecule has 0 aromatic rings. The molecule has 0 saturated heterocycles. The molecule has 0 amide bonds. The fourth-order valence-corrected chi connectivity index (χ4v) is 0.935. The molecule has 0 unspecified atom stereocenters. The Kier molecular flexibility index (Phi) is 2.29. The second kappa shape index (κ2) is 3.03.